The van der Waals surface area contributed by atoms with E-state index in [0.717, 1.165) is 76.3 Å². The van der Waals surface area contributed by atoms with Crippen LogP contribution in [0, 0.1) is 0 Å². The summed E-state index contributed by atoms with van der Waals surface area (Å²) >= 11 is 0. The second kappa shape index (κ2) is 11.1. The van der Waals surface area contributed by atoms with Crippen LogP contribution in [0.2, 0.25) is 0 Å². The molecule has 0 unspecified atom stereocenters. The predicted octanol–water partition coefficient (Wildman–Crippen LogP) is 3.76. The number of hydrogen-bond donors (Lipinski definition) is 1. The van der Waals surface area contributed by atoms with Crippen LogP contribution in [0.25, 0.3) is 0 Å². The third-order valence-electron chi connectivity index (χ3n) is 5.33. The molecule has 0 spiro atoms. The van der Waals surface area contributed by atoms with Gasteiger partial charge in [0.05, 0.1) is 16.0 Å². The predicted molar refractivity (Wildman–Crippen MR) is 109 cm³/mol. The van der Waals surface area contributed by atoms with Crippen LogP contribution in [0.4, 0.5) is 0 Å². The minimum absolute atomic E-state index is 0. The van der Waals surface area contributed by atoms with Crippen molar-refractivity contribution in [3.8, 4) is 0 Å². The fraction of sp³-hybridized carbons (Fsp3) is 0.600. The maximum atomic E-state index is 12.5. The summed E-state index contributed by atoms with van der Waals surface area (Å²) in [4.78, 5) is 24.5. The first-order chi connectivity index (χ1) is 13.3. The van der Waals surface area contributed by atoms with Gasteiger partial charge in [-0.3, -0.25) is 4.55 Å². The van der Waals surface area contributed by atoms with Crippen LogP contribution >= 0.6 is 0 Å². The number of hydrogen-bond acceptors (Lipinski definition) is 6. The minimum atomic E-state index is -4.60. The molecule has 29 heavy (non-hydrogen) atoms. The number of rotatable bonds is 5. The molecule has 0 bridgehead atoms. The molecule has 0 saturated heterocycles. The Morgan fingerprint density at radius 3 is 1.52 bits per heavy atom. The van der Waals surface area contributed by atoms with Gasteiger partial charge in [-0.2, -0.15) is 8.42 Å². The molecule has 2 saturated carbocycles. The molecule has 2 aliphatic rings. The molecule has 0 aliphatic heterocycles. The van der Waals surface area contributed by atoms with Crippen molar-refractivity contribution in [1.29, 1.82) is 0 Å². The van der Waals surface area contributed by atoms with Crippen molar-refractivity contribution in [1.82, 2.24) is 0 Å². The van der Waals surface area contributed by atoms with Gasteiger partial charge in [0.15, 0.2) is 0 Å². The summed E-state index contributed by atoms with van der Waals surface area (Å²) in [6, 6.07) is 3.32. The van der Waals surface area contributed by atoms with Crippen molar-refractivity contribution in [2.24, 2.45) is 0 Å². The maximum absolute atomic E-state index is 12.5. The molecule has 158 valence electrons. The van der Waals surface area contributed by atoms with Crippen molar-refractivity contribution in [2.75, 3.05) is 0 Å². The number of ether oxygens (including phenoxy) is 2. The van der Waals surface area contributed by atoms with E-state index in [1.807, 2.05) is 0 Å². The monoisotopic (exact) mass is 452 g/mol. The molecule has 0 atom stereocenters. The van der Waals surface area contributed by atoms with Crippen molar-refractivity contribution in [3.63, 3.8) is 0 Å². The van der Waals surface area contributed by atoms with Gasteiger partial charge in [-0.1, -0.05) is 12.8 Å². The standard InChI is InChI=1S/C20H26O7S.Ca.2H/c21-19(26-16-7-3-1-4-8-16)14-11-15(13-18(12-14)28(23,24)25)20(22)27-17-9-5-2-6-10-17;;;/h11-13,16-17H,1-10H2,(H,23,24,25);;;/q;+2;2*-1. The Bertz CT molecular complexity index is 786. The zero-order valence-corrected chi connectivity index (χ0v) is 19.5. The third kappa shape index (κ3) is 7.21. The minimum Gasteiger partial charge on any atom is -1.00 e. The molecule has 0 aromatic heterocycles. The van der Waals surface area contributed by atoms with E-state index in [2.05, 4.69) is 0 Å². The normalized spacial score (nSPS) is 18.5. The van der Waals surface area contributed by atoms with Gasteiger partial charge in [-0.25, -0.2) is 9.59 Å². The summed E-state index contributed by atoms with van der Waals surface area (Å²) < 4.78 is 43.6. The molecule has 9 heteroatoms. The fourth-order valence-corrected chi connectivity index (χ4v) is 4.34. The number of carbonyl (C=O) groups excluding carboxylic acids is 2. The molecule has 0 radical (unpaired) electrons. The summed E-state index contributed by atoms with van der Waals surface area (Å²) in [5.41, 5.74) is -0.174. The van der Waals surface area contributed by atoms with Crippen LogP contribution in [0.5, 0.6) is 0 Å². The van der Waals surface area contributed by atoms with Gasteiger partial charge >= 0.3 is 49.7 Å². The van der Waals surface area contributed by atoms with Gasteiger partial charge in [0.25, 0.3) is 10.1 Å². The molecular weight excluding hydrogens is 424 g/mol. The van der Waals surface area contributed by atoms with E-state index in [0.29, 0.717) is 0 Å². The van der Waals surface area contributed by atoms with Crippen LogP contribution in [-0.2, 0) is 19.6 Å². The molecule has 7 nitrogen and oxygen atoms in total. The van der Waals surface area contributed by atoms with Crippen molar-refractivity contribution >= 4 is 59.8 Å². The quantitative estimate of drug-likeness (QED) is 0.412. The van der Waals surface area contributed by atoms with E-state index >= 15 is 0 Å². The van der Waals surface area contributed by atoms with Gasteiger partial charge in [0.2, 0.25) is 0 Å². The first-order valence-corrected chi connectivity index (χ1v) is 11.3. The van der Waals surface area contributed by atoms with E-state index in [4.69, 9.17) is 9.47 Å². The largest absolute Gasteiger partial charge is 2.00 e. The Morgan fingerprint density at radius 2 is 1.17 bits per heavy atom. The van der Waals surface area contributed by atoms with Crippen molar-refractivity contribution in [2.45, 2.75) is 81.3 Å². The molecular formula is C20H28CaO7S. The fourth-order valence-electron chi connectivity index (χ4n) is 3.79. The van der Waals surface area contributed by atoms with Gasteiger partial charge < -0.3 is 12.3 Å². The Kier molecular flexibility index (Phi) is 9.41. The average Bonchev–Trinajstić information content (AvgIpc) is 2.68. The van der Waals surface area contributed by atoms with Crippen LogP contribution < -0.4 is 0 Å². The summed E-state index contributed by atoms with van der Waals surface area (Å²) in [7, 11) is -4.60. The van der Waals surface area contributed by atoms with E-state index in [9.17, 15) is 22.6 Å². The second-order valence-corrected chi connectivity index (χ2v) is 8.97. The molecule has 1 aromatic rings. The molecule has 0 heterocycles. The molecule has 1 N–H and O–H groups in total. The summed E-state index contributed by atoms with van der Waals surface area (Å²) in [6.07, 6.45) is 8.73. The maximum Gasteiger partial charge on any atom is 2.00 e. The molecule has 1 aromatic carbocycles. The Morgan fingerprint density at radius 1 is 0.793 bits per heavy atom. The van der Waals surface area contributed by atoms with E-state index in [1.165, 1.54) is 6.07 Å². The van der Waals surface area contributed by atoms with Gasteiger partial charge in [-0.05, 0) is 69.6 Å². The number of carbonyl (C=O) groups is 2. The van der Waals surface area contributed by atoms with Crippen LogP contribution in [0.15, 0.2) is 23.1 Å². The molecule has 2 fully saturated rings. The summed E-state index contributed by atoms with van der Waals surface area (Å²) in [5.74, 6) is -1.41. The Hall–Kier alpha value is -0.670. The van der Waals surface area contributed by atoms with Gasteiger partial charge in [0, 0.05) is 0 Å². The zero-order chi connectivity index (χ0) is 20.1. The molecule has 0 amide bonds. The van der Waals surface area contributed by atoms with Crippen molar-refractivity contribution in [3.05, 3.63) is 29.3 Å². The molecule has 2 aliphatic carbocycles. The summed E-state index contributed by atoms with van der Waals surface area (Å²) in [6.45, 7) is 0. The van der Waals surface area contributed by atoms with Crippen molar-refractivity contribution < 1.29 is 34.9 Å². The van der Waals surface area contributed by atoms with Crippen LogP contribution in [0.3, 0.4) is 0 Å². The zero-order valence-electron chi connectivity index (χ0n) is 18.5. The van der Waals surface area contributed by atoms with Crippen LogP contribution in [-0.4, -0.2) is 74.9 Å². The van der Waals surface area contributed by atoms with E-state index in [1.54, 1.807) is 0 Å². The first-order valence-electron chi connectivity index (χ1n) is 9.87. The summed E-state index contributed by atoms with van der Waals surface area (Å²) in [5, 5.41) is 0. The number of benzene rings is 1. The SMILES string of the molecule is O=C(OC1CCCCC1)c1cc(C(=O)OC2CCCCC2)cc(S(=O)(=O)O)c1.[Ca+2].[H-].[H-]. The smallest absolute Gasteiger partial charge is 1.00 e. The Balaban J connectivity index is 0.00000300. The topological polar surface area (TPSA) is 107 Å². The molecule has 3 rings (SSSR count). The first kappa shape index (κ1) is 24.6. The van der Waals surface area contributed by atoms with Gasteiger partial charge in [-0.15, -0.1) is 0 Å². The van der Waals surface area contributed by atoms with E-state index in [-0.39, 0.29) is 63.9 Å². The van der Waals surface area contributed by atoms with Gasteiger partial charge in [0.1, 0.15) is 12.2 Å². The van der Waals surface area contributed by atoms with Crippen LogP contribution in [0.1, 0.15) is 87.8 Å². The number of esters is 2. The average molecular weight is 453 g/mol. The van der Waals surface area contributed by atoms with E-state index < -0.39 is 27.0 Å². The Labute approximate surface area is 204 Å². The third-order valence-corrected chi connectivity index (χ3v) is 6.16. The second-order valence-electron chi connectivity index (χ2n) is 7.55.